The first kappa shape index (κ1) is 21.9. The van der Waals surface area contributed by atoms with Gasteiger partial charge in [0.05, 0.1) is 25.7 Å². The molecule has 0 saturated heterocycles. The van der Waals surface area contributed by atoms with Gasteiger partial charge in [0.25, 0.3) is 5.56 Å². The van der Waals surface area contributed by atoms with Crippen LogP contribution in [0.2, 0.25) is 5.02 Å². The number of halogens is 1. The lowest BCUT2D eigenvalue weighted by Crippen LogP contribution is -2.29. The topological polar surface area (TPSA) is 86.7 Å². The van der Waals surface area contributed by atoms with Crippen LogP contribution >= 0.6 is 11.6 Å². The number of rotatable bonds is 7. The Morgan fingerprint density at radius 3 is 2.71 bits per heavy atom. The van der Waals surface area contributed by atoms with E-state index in [1.54, 1.807) is 21.4 Å². The van der Waals surface area contributed by atoms with Crippen molar-refractivity contribution in [1.29, 1.82) is 0 Å². The molecule has 5 rings (SSSR count). The summed E-state index contributed by atoms with van der Waals surface area (Å²) in [6.07, 6.45) is 5.34. The Morgan fingerprint density at radius 1 is 1.09 bits per heavy atom. The zero-order chi connectivity index (χ0) is 23.7. The third-order valence-corrected chi connectivity index (χ3v) is 6.12. The number of hydrogen-bond donors (Lipinski definition) is 1. The summed E-state index contributed by atoms with van der Waals surface area (Å²) < 4.78 is 5.21. The minimum absolute atomic E-state index is 0.0638. The number of carbonyl (C=O) groups is 1. The Balaban J connectivity index is 1.23. The molecule has 5 aromatic rings. The molecule has 8 nitrogen and oxygen atoms in total. The van der Waals surface area contributed by atoms with Crippen LogP contribution in [0.25, 0.3) is 21.9 Å². The van der Waals surface area contributed by atoms with Crippen molar-refractivity contribution >= 4 is 39.4 Å². The molecule has 172 valence electrons. The van der Waals surface area contributed by atoms with E-state index < -0.39 is 0 Å². The van der Waals surface area contributed by atoms with Crippen LogP contribution in [0.4, 0.5) is 0 Å². The smallest absolute Gasteiger partial charge is 0.264 e. The summed E-state index contributed by atoms with van der Waals surface area (Å²) >= 11 is 5.93. The average Bonchev–Trinajstić information content (AvgIpc) is 3.39. The molecule has 0 unspecified atom stereocenters. The fraction of sp³-hybridized carbons (Fsp3) is 0.200. The molecule has 0 saturated carbocycles. The Hall–Kier alpha value is -3.91. The second-order valence-electron chi connectivity index (χ2n) is 8.22. The van der Waals surface area contributed by atoms with Crippen molar-refractivity contribution in [3.05, 3.63) is 93.8 Å². The van der Waals surface area contributed by atoms with E-state index in [0.29, 0.717) is 42.1 Å². The fourth-order valence-corrected chi connectivity index (χ4v) is 4.29. The standard InChI is InChI=1S/C25H23ClN6O2/c1-30-15-18(20-4-2-3-5-22(20)30)12-23(33)27-10-11-32-24-21(13-29-32)25(34)31(16-28-24)14-17-6-8-19(26)9-7-17/h2-9,13,15-16H,10-12,14H2,1H3,(H,27,33). The molecular formula is C25H23ClN6O2. The molecule has 34 heavy (non-hydrogen) atoms. The summed E-state index contributed by atoms with van der Waals surface area (Å²) in [4.78, 5) is 29.8. The van der Waals surface area contributed by atoms with E-state index >= 15 is 0 Å². The number of aromatic nitrogens is 5. The van der Waals surface area contributed by atoms with Crippen molar-refractivity contribution in [2.24, 2.45) is 7.05 Å². The van der Waals surface area contributed by atoms with Gasteiger partial charge in [-0.3, -0.25) is 14.2 Å². The maximum Gasteiger partial charge on any atom is 0.264 e. The van der Waals surface area contributed by atoms with Gasteiger partial charge in [0, 0.05) is 35.7 Å². The number of para-hydroxylation sites is 1. The highest BCUT2D eigenvalue weighted by atomic mass is 35.5. The SMILES string of the molecule is Cn1cc(CC(=O)NCCn2ncc3c(=O)n(Cc4ccc(Cl)cc4)cnc32)c2ccccc21. The van der Waals surface area contributed by atoms with Gasteiger partial charge in [0.1, 0.15) is 11.7 Å². The van der Waals surface area contributed by atoms with Gasteiger partial charge < -0.3 is 9.88 Å². The molecule has 1 amide bonds. The number of carbonyl (C=O) groups excluding carboxylic acids is 1. The largest absolute Gasteiger partial charge is 0.354 e. The van der Waals surface area contributed by atoms with Gasteiger partial charge in [-0.25, -0.2) is 9.67 Å². The average molecular weight is 475 g/mol. The number of nitrogens with one attached hydrogen (secondary N) is 1. The predicted molar refractivity (Wildman–Crippen MR) is 132 cm³/mol. The highest BCUT2D eigenvalue weighted by molar-refractivity contribution is 6.30. The first-order valence-corrected chi connectivity index (χ1v) is 11.3. The molecule has 0 atom stereocenters. The minimum atomic E-state index is -0.161. The number of amides is 1. The van der Waals surface area contributed by atoms with Crippen LogP contribution in [0.15, 0.2) is 72.0 Å². The number of aryl methyl sites for hydroxylation is 1. The molecule has 1 N–H and O–H groups in total. The van der Waals surface area contributed by atoms with E-state index in [2.05, 4.69) is 15.4 Å². The van der Waals surface area contributed by atoms with Gasteiger partial charge >= 0.3 is 0 Å². The second kappa shape index (κ2) is 9.15. The Labute approximate surface area is 200 Å². The normalized spacial score (nSPS) is 11.4. The lowest BCUT2D eigenvalue weighted by atomic mass is 10.1. The van der Waals surface area contributed by atoms with Crippen LogP contribution in [0.1, 0.15) is 11.1 Å². The van der Waals surface area contributed by atoms with Crippen LogP contribution < -0.4 is 10.9 Å². The van der Waals surface area contributed by atoms with Gasteiger partial charge in [-0.2, -0.15) is 5.10 Å². The summed E-state index contributed by atoms with van der Waals surface area (Å²) in [5.41, 5.74) is 3.38. The van der Waals surface area contributed by atoms with Crippen LogP contribution in [-0.2, 0) is 31.4 Å². The van der Waals surface area contributed by atoms with Gasteiger partial charge in [0.2, 0.25) is 5.91 Å². The van der Waals surface area contributed by atoms with E-state index in [9.17, 15) is 9.59 Å². The first-order chi connectivity index (χ1) is 16.5. The van der Waals surface area contributed by atoms with Crippen LogP contribution in [0, 0.1) is 0 Å². The molecule has 2 aromatic carbocycles. The number of nitrogens with zero attached hydrogens (tertiary/aromatic N) is 5. The second-order valence-corrected chi connectivity index (χ2v) is 8.65. The molecular weight excluding hydrogens is 452 g/mol. The lowest BCUT2D eigenvalue weighted by Gasteiger charge is -2.08. The number of hydrogen-bond acceptors (Lipinski definition) is 4. The van der Waals surface area contributed by atoms with Crippen molar-refractivity contribution in [1.82, 2.24) is 29.2 Å². The van der Waals surface area contributed by atoms with E-state index in [-0.39, 0.29) is 11.5 Å². The third-order valence-electron chi connectivity index (χ3n) is 5.86. The van der Waals surface area contributed by atoms with E-state index in [4.69, 9.17) is 11.6 Å². The lowest BCUT2D eigenvalue weighted by molar-refractivity contribution is -0.120. The molecule has 0 bridgehead atoms. The van der Waals surface area contributed by atoms with Gasteiger partial charge in [-0.05, 0) is 29.3 Å². The third kappa shape index (κ3) is 4.32. The van der Waals surface area contributed by atoms with Crippen molar-refractivity contribution < 1.29 is 4.79 Å². The molecule has 0 aliphatic carbocycles. The maximum atomic E-state index is 12.9. The maximum absolute atomic E-state index is 12.9. The molecule has 0 aliphatic rings. The monoisotopic (exact) mass is 474 g/mol. The van der Waals surface area contributed by atoms with Crippen LogP contribution in [-0.4, -0.2) is 36.4 Å². The van der Waals surface area contributed by atoms with E-state index in [1.165, 1.54) is 12.5 Å². The van der Waals surface area contributed by atoms with Crippen molar-refractivity contribution in [3.8, 4) is 0 Å². The highest BCUT2D eigenvalue weighted by Gasteiger charge is 2.12. The molecule has 3 heterocycles. The van der Waals surface area contributed by atoms with Crippen molar-refractivity contribution in [2.75, 3.05) is 6.54 Å². The first-order valence-electron chi connectivity index (χ1n) is 10.9. The fourth-order valence-electron chi connectivity index (χ4n) is 4.16. The summed E-state index contributed by atoms with van der Waals surface area (Å²) in [7, 11) is 1.98. The van der Waals surface area contributed by atoms with E-state index in [1.807, 2.05) is 54.2 Å². The number of benzene rings is 2. The van der Waals surface area contributed by atoms with Gasteiger partial charge in [0.15, 0.2) is 5.65 Å². The Bertz CT molecular complexity index is 1550. The molecule has 3 aromatic heterocycles. The van der Waals surface area contributed by atoms with Crippen LogP contribution in [0.5, 0.6) is 0 Å². The molecule has 0 aliphatic heterocycles. The van der Waals surface area contributed by atoms with Gasteiger partial charge in [-0.1, -0.05) is 41.9 Å². The predicted octanol–water partition coefficient (Wildman–Crippen LogP) is 3.15. The molecule has 0 radical (unpaired) electrons. The Kier molecular flexibility index (Phi) is 5.90. The van der Waals surface area contributed by atoms with Crippen molar-refractivity contribution in [2.45, 2.75) is 19.5 Å². The summed E-state index contributed by atoms with van der Waals surface area (Å²) in [6.45, 7) is 1.20. The Morgan fingerprint density at radius 2 is 1.88 bits per heavy atom. The summed E-state index contributed by atoms with van der Waals surface area (Å²) in [5, 5.41) is 9.42. The molecule has 9 heteroatoms. The van der Waals surface area contributed by atoms with E-state index in [0.717, 1.165) is 22.0 Å². The van der Waals surface area contributed by atoms with Crippen LogP contribution in [0.3, 0.4) is 0 Å². The number of fused-ring (bicyclic) bond motifs is 2. The molecule has 0 fully saturated rings. The van der Waals surface area contributed by atoms with Gasteiger partial charge in [-0.15, -0.1) is 0 Å². The van der Waals surface area contributed by atoms with Crippen molar-refractivity contribution in [3.63, 3.8) is 0 Å². The highest BCUT2D eigenvalue weighted by Crippen LogP contribution is 2.20. The molecule has 0 spiro atoms. The summed E-state index contributed by atoms with van der Waals surface area (Å²) in [6, 6.07) is 15.4. The summed E-state index contributed by atoms with van der Waals surface area (Å²) in [5.74, 6) is -0.0638. The zero-order valence-electron chi connectivity index (χ0n) is 18.6. The quantitative estimate of drug-likeness (QED) is 0.392. The zero-order valence-corrected chi connectivity index (χ0v) is 19.4. The minimum Gasteiger partial charge on any atom is -0.354 e.